The van der Waals surface area contributed by atoms with E-state index >= 15 is 0 Å². The average Bonchev–Trinajstić information content (AvgIpc) is 2.88. The maximum Gasteiger partial charge on any atom is 0.347 e. The van der Waals surface area contributed by atoms with Crippen LogP contribution in [-0.2, 0) is 19.1 Å². The molecule has 1 aliphatic rings. The van der Waals surface area contributed by atoms with Crippen molar-refractivity contribution in [3.63, 3.8) is 0 Å². The van der Waals surface area contributed by atoms with E-state index < -0.39 is 11.9 Å². The van der Waals surface area contributed by atoms with Crippen molar-refractivity contribution in [3.8, 4) is 0 Å². The van der Waals surface area contributed by atoms with Gasteiger partial charge in [0.05, 0.1) is 24.9 Å². The SMILES string of the molecule is COC(=O)C(C(=O)OC)=C(/C(Br)=C(/c1ccccc1)C(C)(C)C)N1CCN(c2ccc(Br)c(Cl)c2)CC1. The third kappa shape index (κ3) is 6.78. The summed E-state index contributed by atoms with van der Waals surface area (Å²) in [6.45, 7) is 8.73. The molecule has 0 saturated carbocycles. The van der Waals surface area contributed by atoms with Crippen molar-refractivity contribution in [2.75, 3.05) is 45.3 Å². The predicted molar refractivity (Wildman–Crippen MR) is 156 cm³/mol. The van der Waals surface area contributed by atoms with Crippen LogP contribution in [0.25, 0.3) is 5.57 Å². The molecule has 2 aromatic carbocycles. The molecule has 0 spiro atoms. The second-order valence-electron chi connectivity index (χ2n) is 9.58. The Labute approximate surface area is 240 Å². The standard InChI is InChI=1S/C28H31Br2ClN2O4/c1-28(2,3)23(18-9-7-6-8-10-18)24(30)25(22(26(34)36-4)27(35)37-5)33-15-13-32(14-16-33)19-11-12-20(29)21(31)17-19/h6-12,17H,13-16H2,1-5H3/b24-23+. The molecule has 198 valence electrons. The summed E-state index contributed by atoms with van der Waals surface area (Å²) in [6, 6.07) is 15.8. The predicted octanol–water partition coefficient (Wildman–Crippen LogP) is 6.68. The average molecular weight is 655 g/mol. The van der Waals surface area contributed by atoms with Crippen molar-refractivity contribution in [1.82, 2.24) is 4.90 Å². The van der Waals surface area contributed by atoms with Gasteiger partial charge in [-0.05, 0) is 66.6 Å². The van der Waals surface area contributed by atoms with Crippen LogP contribution >= 0.6 is 43.5 Å². The smallest absolute Gasteiger partial charge is 0.347 e. The molecule has 1 heterocycles. The lowest BCUT2D eigenvalue weighted by atomic mass is 9.81. The number of rotatable bonds is 6. The van der Waals surface area contributed by atoms with Crippen LogP contribution in [0.15, 0.2) is 68.8 Å². The van der Waals surface area contributed by atoms with Gasteiger partial charge < -0.3 is 19.3 Å². The van der Waals surface area contributed by atoms with Crippen molar-refractivity contribution < 1.29 is 19.1 Å². The van der Waals surface area contributed by atoms with E-state index in [2.05, 4.69) is 57.5 Å². The number of carbonyl (C=O) groups is 2. The van der Waals surface area contributed by atoms with Gasteiger partial charge >= 0.3 is 11.9 Å². The van der Waals surface area contributed by atoms with Crippen molar-refractivity contribution in [1.29, 1.82) is 0 Å². The maximum absolute atomic E-state index is 13.0. The van der Waals surface area contributed by atoms with E-state index in [9.17, 15) is 9.59 Å². The number of methoxy groups -OCH3 is 2. The number of hydrogen-bond acceptors (Lipinski definition) is 6. The highest BCUT2D eigenvalue weighted by molar-refractivity contribution is 9.12. The van der Waals surface area contributed by atoms with Gasteiger partial charge in [0, 0.05) is 40.8 Å². The fourth-order valence-electron chi connectivity index (χ4n) is 4.37. The third-order valence-corrected chi connectivity index (χ3v) is 8.12. The Morgan fingerprint density at radius 2 is 1.49 bits per heavy atom. The number of ether oxygens (including phenoxy) is 2. The van der Waals surface area contributed by atoms with E-state index in [1.165, 1.54) is 14.2 Å². The zero-order chi connectivity index (χ0) is 27.3. The molecule has 3 rings (SSSR count). The number of nitrogens with zero attached hydrogens (tertiary/aromatic N) is 2. The van der Waals surface area contributed by atoms with Crippen molar-refractivity contribution in [3.05, 3.63) is 79.3 Å². The second-order valence-corrected chi connectivity index (χ2v) is 11.6. The van der Waals surface area contributed by atoms with Gasteiger partial charge in [0.25, 0.3) is 0 Å². The second kappa shape index (κ2) is 12.5. The minimum atomic E-state index is -0.748. The summed E-state index contributed by atoms with van der Waals surface area (Å²) in [6.07, 6.45) is 0. The fraction of sp³-hybridized carbons (Fsp3) is 0.357. The zero-order valence-corrected chi connectivity index (χ0v) is 25.5. The first-order chi connectivity index (χ1) is 17.5. The third-order valence-electron chi connectivity index (χ3n) is 6.12. The molecule has 0 atom stereocenters. The van der Waals surface area contributed by atoms with Crippen molar-refractivity contribution in [2.45, 2.75) is 20.8 Å². The molecule has 1 aliphatic heterocycles. The quantitative estimate of drug-likeness (QED) is 0.114. The molecule has 37 heavy (non-hydrogen) atoms. The van der Waals surface area contributed by atoms with Crippen LogP contribution in [-0.4, -0.2) is 57.2 Å². The first-order valence-corrected chi connectivity index (χ1v) is 13.8. The Bertz CT molecular complexity index is 1200. The van der Waals surface area contributed by atoms with Gasteiger partial charge in [-0.25, -0.2) is 9.59 Å². The Hall–Kier alpha value is -2.29. The highest BCUT2D eigenvalue weighted by Crippen LogP contribution is 2.43. The highest BCUT2D eigenvalue weighted by atomic mass is 79.9. The van der Waals surface area contributed by atoms with Gasteiger partial charge in [-0.15, -0.1) is 0 Å². The van der Waals surface area contributed by atoms with E-state index in [0.717, 1.165) is 21.3 Å². The van der Waals surface area contributed by atoms with Gasteiger partial charge in [-0.1, -0.05) is 62.7 Å². The largest absolute Gasteiger partial charge is 0.465 e. The lowest BCUT2D eigenvalue weighted by Crippen LogP contribution is -2.47. The number of anilines is 1. The van der Waals surface area contributed by atoms with Crippen LogP contribution in [0.3, 0.4) is 0 Å². The number of piperazine rings is 1. The van der Waals surface area contributed by atoms with E-state index in [1.807, 2.05) is 53.4 Å². The Balaban J connectivity index is 2.15. The number of esters is 2. The molecule has 0 N–H and O–H groups in total. The summed E-state index contributed by atoms with van der Waals surface area (Å²) in [5.74, 6) is -1.50. The lowest BCUT2D eigenvalue weighted by molar-refractivity contribution is -0.144. The van der Waals surface area contributed by atoms with Crippen LogP contribution in [0.2, 0.25) is 5.02 Å². The molecule has 1 fully saturated rings. The fourth-order valence-corrected chi connectivity index (χ4v) is 6.06. The number of benzene rings is 2. The number of allylic oxidation sites excluding steroid dienone is 2. The van der Waals surface area contributed by atoms with E-state index in [-0.39, 0.29) is 11.0 Å². The van der Waals surface area contributed by atoms with Crippen LogP contribution < -0.4 is 4.90 Å². The van der Waals surface area contributed by atoms with Crippen LogP contribution in [0, 0.1) is 5.41 Å². The van der Waals surface area contributed by atoms with Crippen molar-refractivity contribution >= 4 is 66.7 Å². The Kier molecular flexibility index (Phi) is 9.89. The van der Waals surface area contributed by atoms with Gasteiger partial charge in [-0.3, -0.25) is 0 Å². The maximum atomic E-state index is 13.0. The Morgan fingerprint density at radius 3 is 1.97 bits per heavy atom. The lowest BCUT2D eigenvalue weighted by Gasteiger charge is -2.40. The molecular formula is C28H31Br2ClN2O4. The molecule has 9 heteroatoms. The van der Waals surface area contributed by atoms with Gasteiger partial charge in [0.2, 0.25) is 0 Å². The molecule has 0 bridgehead atoms. The summed E-state index contributed by atoms with van der Waals surface area (Å²) < 4.78 is 11.6. The van der Waals surface area contributed by atoms with Crippen molar-refractivity contribution in [2.24, 2.45) is 5.41 Å². The first-order valence-electron chi connectivity index (χ1n) is 11.8. The summed E-state index contributed by atoms with van der Waals surface area (Å²) >= 11 is 13.6. The highest BCUT2D eigenvalue weighted by Gasteiger charge is 2.34. The molecule has 0 unspecified atom stereocenters. The number of carbonyl (C=O) groups excluding carboxylic acids is 2. The van der Waals surface area contributed by atoms with Gasteiger partial charge in [0.1, 0.15) is 0 Å². The number of hydrogen-bond donors (Lipinski definition) is 0. The normalized spacial score (nSPS) is 14.6. The molecule has 0 radical (unpaired) electrons. The van der Waals surface area contributed by atoms with E-state index in [4.69, 9.17) is 21.1 Å². The van der Waals surface area contributed by atoms with Gasteiger partial charge in [-0.2, -0.15) is 0 Å². The molecule has 2 aromatic rings. The minimum absolute atomic E-state index is 0.144. The van der Waals surface area contributed by atoms with Crippen LogP contribution in [0.4, 0.5) is 5.69 Å². The molecule has 0 aromatic heterocycles. The molecule has 0 aliphatic carbocycles. The summed E-state index contributed by atoms with van der Waals surface area (Å²) in [5.41, 5.74) is 2.94. The minimum Gasteiger partial charge on any atom is -0.465 e. The topological polar surface area (TPSA) is 59.1 Å². The number of halogens is 3. The summed E-state index contributed by atoms with van der Waals surface area (Å²) in [7, 11) is 2.52. The molecule has 1 saturated heterocycles. The molecule has 0 amide bonds. The monoisotopic (exact) mass is 652 g/mol. The molecular weight excluding hydrogens is 624 g/mol. The van der Waals surface area contributed by atoms with Crippen LogP contribution in [0.5, 0.6) is 0 Å². The first kappa shape index (κ1) is 29.3. The molecule has 6 nitrogen and oxygen atoms in total. The summed E-state index contributed by atoms with van der Waals surface area (Å²) in [5, 5.41) is 0.641. The van der Waals surface area contributed by atoms with E-state index in [1.54, 1.807) is 0 Å². The Morgan fingerprint density at radius 1 is 0.919 bits per heavy atom. The zero-order valence-electron chi connectivity index (χ0n) is 21.6. The van der Waals surface area contributed by atoms with E-state index in [0.29, 0.717) is 41.4 Å². The van der Waals surface area contributed by atoms with Gasteiger partial charge in [0.15, 0.2) is 5.57 Å². The van der Waals surface area contributed by atoms with Crippen LogP contribution in [0.1, 0.15) is 26.3 Å². The summed E-state index contributed by atoms with van der Waals surface area (Å²) in [4.78, 5) is 30.2.